The van der Waals surface area contributed by atoms with E-state index >= 15 is 0 Å². The Morgan fingerprint density at radius 3 is 2.31 bits per heavy atom. The van der Waals surface area contributed by atoms with Crippen molar-refractivity contribution < 1.29 is 27.9 Å². The van der Waals surface area contributed by atoms with Gasteiger partial charge in [-0.1, -0.05) is 0 Å². The van der Waals surface area contributed by atoms with E-state index in [0.29, 0.717) is 0 Å². The van der Waals surface area contributed by atoms with Gasteiger partial charge in [0.1, 0.15) is 0 Å². The number of halogens is 3. The summed E-state index contributed by atoms with van der Waals surface area (Å²) >= 11 is 0. The maximum absolute atomic E-state index is 11.9. The molecule has 0 aliphatic rings. The van der Waals surface area contributed by atoms with Crippen molar-refractivity contribution >= 4 is 17.7 Å². The molecule has 86 valence electrons. The molecule has 6 nitrogen and oxygen atoms in total. The minimum atomic E-state index is -5.12. The normalized spacial score (nSPS) is 10.9. The predicted molar refractivity (Wildman–Crippen MR) is 43.7 cm³/mol. The maximum atomic E-state index is 11.9. The minimum Gasteiger partial charge on any atom is -0.476 e. The Bertz CT molecular complexity index is 432. The van der Waals surface area contributed by atoms with Crippen molar-refractivity contribution in [3.05, 3.63) is 18.1 Å². The zero-order valence-corrected chi connectivity index (χ0v) is 7.45. The number of hydrogen-bond donors (Lipinski definition) is 2. The highest BCUT2D eigenvalue weighted by Crippen LogP contribution is 2.18. The first kappa shape index (κ1) is 11.9. The Kier molecular flexibility index (Phi) is 3.06. The first-order chi connectivity index (χ1) is 7.32. The number of nitrogens with zero attached hydrogens (tertiary/aromatic N) is 2. The molecule has 0 atom stereocenters. The van der Waals surface area contributed by atoms with Gasteiger partial charge in [0.2, 0.25) is 0 Å². The summed E-state index contributed by atoms with van der Waals surface area (Å²) in [6.45, 7) is 0. The number of hydrogen-bond acceptors (Lipinski definition) is 4. The number of carboxylic acids is 1. The fourth-order valence-corrected chi connectivity index (χ4v) is 0.764. The van der Waals surface area contributed by atoms with Crippen LogP contribution in [0.15, 0.2) is 12.4 Å². The summed E-state index contributed by atoms with van der Waals surface area (Å²) in [5, 5.41) is 9.86. The molecule has 1 heterocycles. The molecule has 1 aromatic heterocycles. The van der Waals surface area contributed by atoms with Gasteiger partial charge in [0, 0.05) is 12.4 Å². The van der Waals surface area contributed by atoms with Crippen LogP contribution >= 0.6 is 0 Å². The van der Waals surface area contributed by atoms with E-state index in [4.69, 9.17) is 5.11 Å². The summed E-state index contributed by atoms with van der Waals surface area (Å²) in [5.74, 6) is -4.65. The van der Waals surface area contributed by atoms with Crippen molar-refractivity contribution in [3.63, 3.8) is 0 Å². The molecule has 0 spiro atoms. The Morgan fingerprint density at radius 2 is 1.81 bits per heavy atom. The van der Waals surface area contributed by atoms with Crippen LogP contribution in [-0.4, -0.2) is 33.1 Å². The van der Waals surface area contributed by atoms with Crippen LogP contribution in [0.5, 0.6) is 0 Å². The molecule has 0 radical (unpaired) electrons. The van der Waals surface area contributed by atoms with Crippen molar-refractivity contribution in [1.82, 2.24) is 9.97 Å². The highest BCUT2D eigenvalue weighted by molar-refractivity contribution is 5.99. The summed E-state index contributed by atoms with van der Waals surface area (Å²) in [5.41, 5.74) is -0.764. The molecule has 0 aromatic carbocycles. The molecule has 0 fully saturated rings. The third kappa shape index (κ3) is 2.65. The molecule has 1 amide bonds. The zero-order valence-electron chi connectivity index (χ0n) is 7.45. The predicted octanol–water partition coefficient (Wildman–Crippen LogP) is 0.676. The van der Waals surface area contributed by atoms with Gasteiger partial charge in [0.05, 0.1) is 0 Å². The van der Waals surface area contributed by atoms with Crippen LogP contribution in [0.25, 0.3) is 0 Å². The molecular weight excluding hydrogens is 231 g/mol. The zero-order chi connectivity index (χ0) is 12.3. The van der Waals surface area contributed by atoms with Crippen LogP contribution in [0, 0.1) is 0 Å². The number of amides is 1. The van der Waals surface area contributed by atoms with Crippen LogP contribution in [-0.2, 0) is 4.79 Å². The van der Waals surface area contributed by atoms with Crippen molar-refractivity contribution in [3.8, 4) is 0 Å². The number of aromatic nitrogens is 2. The van der Waals surface area contributed by atoms with Gasteiger partial charge < -0.3 is 10.4 Å². The van der Waals surface area contributed by atoms with Crippen LogP contribution in [0.3, 0.4) is 0 Å². The molecule has 16 heavy (non-hydrogen) atoms. The molecule has 1 aromatic rings. The van der Waals surface area contributed by atoms with Gasteiger partial charge in [0.15, 0.2) is 11.5 Å². The number of anilines is 1. The molecule has 0 aliphatic heterocycles. The second-order valence-electron chi connectivity index (χ2n) is 2.51. The number of carboxylic acid groups (broad SMARTS) is 1. The van der Waals surface area contributed by atoms with Crippen molar-refractivity contribution in [2.24, 2.45) is 0 Å². The summed E-state index contributed by atoms with van der Waals surface area (Å²) in [6.07, 6.45) is -3.18. The third-order valence-corrected chi connectivity index (χ3v) is 1.39. The lowest BCUT2D eigenvalue weighted by molar-refractivity contribution is -0.167. The van der Waals surface area contributed by atoms with E-state index < -0.39 is 29.6 Å². The van der Waals surface area contributed by atoms with Gasteiger partial charge in [-0.3, -0.25) is 4.79 Å². The number of carbonyl (C=O) groups excluding carboxylic acids is 1. The van der Waals surface area contributed by atoms with Crippen LogP contribution in [0.4, 0.5) is 19.0 Å². The van der Waals surface area contributed by atoms with Gasteiger partial charge in [0.25, 0.3) is 0 Å². The van der Waals surface area contributed by atoms with Crippen LogP contribution in [0.1, 0.15) is 10.5 Å². The van der Waals surface area contributed by atoms with E-state index in [-0.39, 0.29) is 0 Å². The molecule has 2 N–H and O–H groups in total. The van der Waals surface area contributed by atoms with Gasteiger partial charge in [-0.25, -0.2) is 14.8 Å². The largest absolute Gasteiger partial charge is 0.476 e. The number of aromatic carboxylic acids is 1. The summed E-state index contributed by atoms with van der Waals surface area (Å²) in [4.78, 5) is 27.6. The highest BCUT2D eigenvalue weighted by atomic mass is 19.4. The fourth-order valence-electron chi connectivity index (χ4n) is 0.764. The van der Waals surface area contributed by atoms with Gasteiger partial charge in [-0.05, 0) is 0 Å². The SMILES string of the molecule is O=C(O)c1nccnc1NC(=O)C(F)(F)F. The first-order valence-corrected chi connectivity index (χ1v) is 3.75. The van der Waals surface area contributed by atoms with Crippen molar-refractivity contribution in [2.45, 2.75) is 6.18 Å². The maximum Gasteiger partial charge on any atom is 0.471 e. The molecule has 0 saturated carbocycles. The number of alkyl halides is 3. The van der Waals surface area contributed by atoms with E-state index in [1.54, 1.807) is 0 Å². The molecule has 0 bridgehead atoms. The van der Waals surface area contributed by atoms with E-state index in [2.05, 4.69) is 9.97 Å². The van der Waals surface area contributed by atoms with Gasteiger partial charge >= 0.3 is 18.1 Å². The molecule has 9 heteroatoms. The second kappa shape index (κ2) is 4.13. The topological polar surface area (TPSA) is 92.2 Å². The molecule has 1 rings (SSSR count). The average Bonchev–Trinajstić information content (AvgIpc) is 2.16. The lowest BCUT2D eigenvalue weighted by Gasteiger charge is -2.07. The Morgan fingerprint density at radius 1 is 1.25 bits per heavy atom. The van der Waals surface area contributed by atoms with Crippen LogP contribution in [0.2, 0.25) is 0 Å². The first-order valence-electron chi connectivity index (χ1n) is 3.75. The second-order valence-corrected chi connectivity index (χ2v) is 2.51. The van der Waals surface area contributed by atoms with Crippen molar-refractivity contribution in [1.29, 1.82) is 0 Å². The molecule has 0 unspecified atom stereocenters. The van der Waals surface area contributed by atoms with Gasteiger partial charge in [-0.2, -0.15) is 13.2 Å². The smallest absolute Gasteiger partial charge is 0.471 e. The highest BCUT2D eigenvalue weighted by Gasteiger charge is 2.39. The fraction of sp³-hybridized carbons (Fsp3) is 0.143. The quantitative estimate of drug-likeness (QED) is 0.786. The van der Waals surface area contributed by atoms with E-state index in [0.717, 1.165) is 12.4 Å². The lowest BCUT2D eigenvalue weighted by Crippen LogP contribution is -2.31. The van der Waals surface area contributed by atoms with Crippen LogP contribution < -0.4 is 5.32 Å². The summed E-state index contributed by atoms with van der Waals surface area (Å²) in [6, 6.07) is 0. The monoisotopic (exact) mass is 235 g/mol. The van der Waals surface area contributed by atoms with Crippen molar-refractivity contribution in [2.75, 3.05) is 5.32 Å². The number of rotatable bonds is 2. The Labute approximate surface area is 86.1 Å². The summed E-state index contributed by atoms with van der Waals surface area (Å²) in [7, 11) is 0. The Hall–Kier alpha value is -2.19. The van der Waals surface area contributed by atoms with E-state index in [1.165, 1.54) is 5.32 Å². The standard InChI is InChI=1S/C7H4F3N3O3/c8-7(9,10)6(16)13-4-3(5(14)15)11-1-2-12-4/h1-2H,(H,14,15)(H,12,13,16). The van der Waals surface area contributed by atoms with E-state index in [9.17, 15) is 22.8 Å². The molecular formula is C7H4F3N3O3. The molecule has 0 aliphatic carbocycles. The minimum absolute atomic E-state index is 0.752. The average molecular weight is 235 g/mol. The summed E-state index contributed by atoms with van der Waals surface area (Å²) < 4.78 is 35.6. The Balaban J connectivity index is 2.98. The molecule has 0 saturated heterocycles. The lowest BCUT2D eigenvalue weighted by atomic mass is 10.4. The third-order valence-electron chi connectivity index (χ3n) is 1.39. The van der Waals surface area contributed by atoms with Gasteiger partial charge in [-0.15, -0.1) is 0 Å². The number of carbonyl (C=O) groups is 2. The number of nitrogens with one attached hydrogen (secondary N) is 1. The van der Waals surface area contributed by atoms with E-state index in [1.807, 2.05) is 0 Å².